The van der Waals surface area contributed by atoms with Crippen LogP contribution in [0.4, 0.5) is 5.69 Å². The molecule has 1 aliphatic rings. The minimum absolute atomic E-state index is 0.490. The van der Waals surface area contributed by atoms with Crippen molar-refractivity contribution < 1.29 is 4.42 Å². The lowest BCUT2D eigenvalue weighted by Gasteiger charge is -2.40. The van der Waals surface area contributed by atoms with Crippen LogP contribution >= 0.6 is 0 Å². The number of aryl methyl sites for hydroxylation is 1. The maximum absolute atomic E-state index is 5.67. The molecular weight excluding hydrogens is 260 g/mol. The van der Waals surface area contributed by atoms with E-state index in [1.54, 1.807) is 0 Å². The maximum Gasteiger partial charge on any atom is 0.195 e. The standard InChI is InChI=1S/C18H26N2O/c1-5-17-20-15-10-13(6-7-16(15)21-17)19-14-8-9-18(3,4)11-12(14)2/h6-7,10,12,14,19H,5,8-9,11H2,1-4H3. The van der Waals surface area contributed by atoms with E-state index in [0.717, 1.165) is 29.1 Å². The van der Waals surface area contributed by atoms with Crippen molar-refractivity contribution in [2.24, 2.45) is 11.3 Å². The summed E-state index contributed by atoms with van der Waals surface area (Å²) in [5.74, 6) is 1.52. The fraction of sp³-hybridized carbons (Fsp3) is 0.611. The number of rotatable bonds is 3. The predicted octanol–water partition coefficient (Wildman–Crippen LogP) is 5.02. The number of oxazole rings is 1. The summed E-state index contributed by atoms with van der Waals surface area (Å²) in [7, 11) is 0. The molecule has 3 rings (SSSR count). The maximum atomic E-state index is 5.67. The molecule has 0 spiro atoms. The van der Waals surface area contributed by atoms with Crippen molar-refractivity contribution in [2.75, 3.05) is 5.32 Å². The Morgan fingerprint density at radius 3 is 2.90 bits per heavy atom. The number of hydrogen-bond donors (Lipinski definition) is 1. The summed E-state index contributed by atoms with van der Waals surface area (Å²) < 4.78 is 5.67. The molecule has 1 saturated carbocycles. The summed E-state index contributed by atoms with van der Waals surface area (Å²) in [6.07, 6.45) is 4.66. The third kappa shape index (κ3) is 3.07. The van der Waals surface area contributed by atoms with Crippen LogP contribution in [0.1, 0.15) is 52.8 Å². The van der Waals surface area contributed by atoms with Gasteiger partial charge in [0.05, 0.1) is 0 Å². The molecule has 0 bridgehead atoms. The molecule has 114 valence electrons. The molecule has 0 radical (unpaired) electrons. The topological polar surface area (TPSA) is 38.1 Å². The van der Waals surface area contributed by atoms with E-state index in [4.69, 9.17) is 4.42 Å². The molecule has 3 heteroatoms. The zero-order chi connectivity index (χ0) is 15.0. The largest absolute Gasteiger partial charge is 0.441 e. The minimum Gasteiger partial charge on any atom is -0.441 e. The van der Waals surface area contributed by atoms with Gasteiger partial charge >= 0.3 is 0 Å². The first-order valence-corrected chi connectivity index (χ1v) is 8.13. The number of benzene rings is 1. The molecule has 0 amide bonds. The lowest BCUT2D eigenvalue weighted by atomic mass is 9.70. The second-order valence-corrected chi connectivity index (χ2v) is 7.28. The van der Waals surface area contributed by atoms with Gasteiger partial charge in [0.2, 0.25) is 0 Å². The number of fused-ring (bicyclic) bond motifs is 1. The van der Waals surface area contributed by atoms with Gasteiger partial charge in [0.1, 0.15) is 5.52 Å². The SMILES string of the molecule is CCc1nc2cc(NC3CCC(C)(C)CC3C)ccc2o1. The highest BCUT2D eigenvalue weighted by Crippen LogP contribution is 2.39. The number of hydrogen-bond acceptors (Lipinski definition) is 3. The van der Waals surface area contributed by atoms with Gasteiger partial charge in [-0.25, -0.2) is 4.98 Å². The highest BCUT2D eigenvalue weighted by atomic mass is 16.3. The fourth-order valence-corrected chi connectivity index (χ4v) is 3.59. The molecule has 1 aromatic carbocycles. The molecule has 0 saturated heterocycles. The van der Waals surface area contributed by atoms with Gasteiger partial charge in [0.15, 0.2) is 11.5 Å². The van der Waals surface area contributed by atoms with Gasteiger partial charge in [-0.2, -0.15) is 0 Å². The van der Waals surface area contributed by atoms with Crippen LogP contribution in [-0.2, 0) is 6.42 Å². The van der Waals surface area contributed by atoms with E-state index in [2.05, 4.69) is 50.1 Å². The summed E-state index contributed by atoms with van der Waals surface area (Å²) in [6.45, 7) is 9.19. The molecule has 21 heavy (non-hydrogen) atoms. The molecule has 2 unspecified atom stereocenters. The predicted molar refractivity (Wildman–Crippen MR) is 87.6 cm³/mol. The van der Waals surface area contributed by atoms with Gasteiger partial charge in [0, 0.05) is 18.2 Å². The molecule has 1 aromatic heterocycles. The number of nitrogens with zero attached hydrogens (tertiary/aromatic N) is 1. The average molecular weight is 286 g/mol. The molecule has 3 nitrogen and oxygen atoms in total. The Kier molecular flexibility index (Phi) is 3.68. The van der Waals surface area contributed by atoms with Crippen LogP contribution in [0.25, 0.3) is 11.1 Å². The summed E-state index contributed by atoms with van der Waals surface area (Å²) >= 11 is 0. The Bertz CT molecular complexity index is 629. The quantitative estimate of drug-likeness (QED) is 0.861. The molecule has 1 aliphatic carbocycles. The second kappa shape index (κ2) is 5.36. The van der Waals surface area contributed by atoms with Gasteiger partial charge in [-0.1, -0.05) is 27.7 Å². The first kappa shape index (κ1) is 14.4. The van der Waals surface area contributed by atoms with Crippen LogP contribution in [0.2, 0.25) is 0 Å². The van der Waals surface area contributed by atoms with E-state index < -0.39 is 0 Å². The first-order valence-electron chi connectivity index (χ1n) is 8.13. The van der Waals surface area contributed by atoms with Crippen molar-refractivity contribution in [1.29, 1.82) is 0 Å². The van der Waals surface area contributed by atoms with Crippen molar-refractivity contribution in [2.45, 2.75) is 59.4 Å². The monoisotopic (exact) mass is 286 g/mol. The zero-order valence-corrected chi connectivity index (χ0v) is 13.6. The van der Waals surface area contributed by atoms with E-state index in [9.17, 15) is 0 Å². The van der Waals surface area contributed by atoms with Gasteiger partial charge in [-0.15, -0.1) is 0 Å². The average Bonchev–Trinajstić information content (AvgIpc) is 2.83. The van der Waals surface area contributed by atoms with Gasteiger partial charge in [0.25, 0.3) is 0 Å². The van der Waals surface area contributed by atoms with Crippen molar-refractivity contribution in [3.05, 3.63) is 24.1 Å². The van der Waals surface area contributed by atoms with Crippen LogP contribution in [0.15, 0.2) is 22.6 Å². The summed E-state index contributed by atoms with van der Waals surface area (Å²) in [5, 5.41) is 3.71. The Labute approximate surface area is 127 Å². The van der Waals surface area contributed by atoms with Gasteiger partial charge in [-0.3, -0.25) is 0 Å². The molecule has 2 aromatic rings. The summed E-state index contributed by atoms with van der Waals surface area (Å²) in [6, 6.07) is 6.82. The highest BCUT2D eigenvalue weighted by Gasteiger charge is 2.32. The normalized spacial score (nSPS) is 25.1. The second-order valence-electron chi connectivity index (χ2n) is 7.28. The smallest absolute Gasteiger partial charge is 0.195 e. The third-order valence-corrected chi connectivity index (χ3v) is 4.78. The van der Waals surface area contributed by atoms with Gasteiger partial charge in [-0.05, 0) is 48.8 Å². The van der Waals surface area contributed by atoms with Crippen LogP contribution in [0, 0.1) is 11.3 Å². The Morgan fingerprint density at radius 2 is 2.19 bits per heavy atom. The Hall–Kier alpha value is -1.51. The number of nitrogens with one attached hydrogen (secondary N) is 1. The highest BCUT2D eigenvalue weighted by molar-refractivity contribution is 5.77. The molecule has 2 atom stereocenters. The molecule has 1 N–H and O–H groups in total. The number of aromatic nitrogens is 1. The van der Waals surface area contributed by atoms with Crippen LogP contribution in [0.5, 0.6) is 0 Å². The first-order chi connectivity index (χ1) is 9.97. The van der Waals surface area contributed by atoms with E-state index >= 15 is 0 Å². The van der Waals surface area contributed by atoms with E-state index in [0.29, 0.717) is 17.4 Å². The van der Waals surface area contributed by atoms with Crippen LogP contribution in [0.3, 0.4) is 0 Å². The summed E-state index contributed by atoms with van der Waals surface area (Å²) in [4.78, 5) is 4.52. The van der Waals surface area contributed by atoms with Crippen molar-refractivity contribution in [3.8, 4) is 0 Å². The van der Waals surface area contributed by atoms with E-state index in [-0.39, 0.29) is 0 Å². The molecule has 1 fully saturated rings. The van der Waals surface area contributed by atoms with Crippen molar-refractivity contribution in [1.82, 2.24) is 4.98 Å². The molecule has 1 heterocycles. The van der Waals surface area contributed by atoms with E-state index in [1.807, 2.05) is 6.07 Å². The summed E-state index contributed by atoms with van der Waals surface area (Å²) in [5.41, 5.74) is 3.50. The number of anilines is 1. The lowest BCUT2D eigenvalue weighted by molar-refractivity contribution is 0.177. The van der Waals surface area contributed by atoms with Crippen LogP contribution in [-0.4, -0.2) is 11.0 Å². The minimum atomic E-state index is 0.490. The Morgan fingerprint density at radius 1 is 1.38 bits per heavy atom. The Balaban J connectivity index is 1.75. The molecule has 0 aliphatic heterocycles. The fourth-order valence-electron chi connectivity index (χ4n) is 3.59. The van der Waals surface area contributed by atoms with Crippen molar-refractivity contribution in [3.63, 3.8) is 0 Å². The van der Waals surface area contributed by atoms with Gasteiger partial charge < -0.3 is 9.73 Å². The lowest BCUT2D eigenvalue weighted by Crippen LogP contribution is -2.36. The van der Waals surface area contributed by atoms with E-state index in [1.165, 1.54) is 19.3 Å². The third-order valence-electron chi connectivity index (χ3n) is 4.78. The van der Waals surface area contributed by atoms with Crippen molar-refractivity contribution >= 4 is 16.8 Å². The molecular formula is C18H26N2O. The van der Waals surface area contributed by atoms with Crippen LogP contribution < -0.4 is 5.32 Å². The zero-order valence-electron chi connectivity index (χ0n) is 13.6.